The van der Waals surface area contributed by atoms with Crippen molar-refractivity contribution in [1.29, 1.82) is 0 Å². The minimum atomic E-state index is -0.660. The van der Waals surface area contributed by atoms with Crippen molar-refractivity contribution in [3.63, 3.8) is 0 Å². The highest BCUT2D eigenvalue weighted by Gasteiger charge is 2.68. The Morgan fingerprint density at radius 3 is 1.06 bits per heavy atom. The summed E-state index contributed by atoms with van der Waals surface area (Å²) in [5, 5.41) is 19.5. The van der Waals surface area contributed by atoms with Crippen molar-refractivity contribution in [3.05, 3.63) is 0 Å². The van der Waals surface area contributed by atoms with Crippen LogP contribution in [0, 0.1) is 142 Å². The Morgan fingerprint density at radius 1 is 0.422 bits per heavy atom. The topological polar surface area (TPSA) is 217 Å². The average molecular weight is 1190 g/mol. The molecule has 8 bridgehead atoms. The molecule has 16 nitrogen and oxygen atoms in total. The molecule has 8 saturated carbocycles. The number of aliphatic carboxylic acids is 2. The lowest BCUT2D eigenvalue weighted by molar-refractivity contribution is -0.187. The van der Waals surface area contributed by atoms with E-state index in [1.807, 2.05) is 13.8 Å². The fraction of sp³-hybridized carbons (Fsp3) is 0.910. The van der Waals surface area contributed by atoms with Crippen molar-refractivity contribution in [1.82, 2.24) is 0 Å². The van der Waals surface area contributed by atoms with Gasteiger partial charge in [-0.3, -0.25) is 28.8 Å². The lowest BCUT2D eigenvalue weighted by atomic mass is 9.57. The van der Waals surface area contributed by atoms with Crippen LogP contribution < -0.4 is 0 Å². The van der Waals surface area contributed by atoms with Gasteiger partial charge in [0.05, 0.1) is 75.1 Å². The van der Waals surface area contributed by atoms with Crippen LogP contribution in [0.5, 0.6) is 0 Å². The molecule has 83 heavy (non-hydrogen) atoms. The fourth-order valence-electron chi connectivity index (χ4n) is 19.4. The van der Waals surface area contributed by atoms with Crippen LogP contribution in [0.25, 0.3) is 0 Å². The third kappa shape index (κ3) is 14.8. The van der Waals surface area contributed by atoms with Crippen molar-refractivity contribution in [2.45, 2.75) is 200 Å². The number of carboxylic acid groups (broad SMARTS) is 2. The molecule has 4 heterocycles. The van der Waals surface area contributed by atoms with E-state index in [0.717, 1.165) is 83.8 Å². The van der Waals surface area contributed by atoms with Crippen molar-refractivity contribution < 1.29 is 76.9 Å². The quantitative estimate of drug-likeness (QED) is 0.0834. The van der Waals surface area contributed by atoms with Crippen molar-refractivity contribution in [2.75, 3.05) is 52.9 Å². The smallest absolute Gasteiger partial charge is 0.317 e. The van der Waals surface area contributed by atoms with Crippen molar-refractivity contribution >= 4 is 35.8 Å². The van der Waals surface area contributed by atoms with E-state index in [-0.39, 0.29) is 173 Å². The third-order valence-electron chi connectivity index (χ3n) is 21.9. The van der Waals surface area contributed by atoms with E-state index < -0.39 is 23.8 Å². The molecule has 2 N–H and O–H groups in total. The van der Waals surface area contributed by atoms with Gasteiger partial charge in [0.2, 0.25) is 0 Å². The van der Waals surface area contributed by atoms with Crippen molar-refractivity contribution in [3.8, 4) is 0 Å². The molecule has 12 aliphatic rings. The summed E-state index contributed by atoms with van der Waals surface area (Å²) < 4.78 is 44.8. The zero-order valence-electron chi connectivity index (χ0n) is 42.1. The number of hydrogen-bond acceptors (Lipinski definition) is 14. The molecule has 4 aliphatic heterocycles. The molecule has 4 saturated heterocycles. The standard InChI is InChI=1S/C28H40O8.C27H38O8.12CH4/c1-13-18-9-16(11-20(18)26(29)30)22(13)25-19-10-15(24(25)23-14(2)27(31)36-28(23)32)8-17(19)12-33-7-4-21-34-5-3-6-35-21;1-12-17-8-15(10-19(17)25(28)29)21(12)24-18-9-14(23(24)22-13(2)26(30)35-27(22)31)7-16(18)11-32-4-3-20-33-5-6-34-20;;;;;;;;;;;;/h13-25H,3-12H2,1-2H3,(H,29,30);12-24H,3-11H2,1-2H3,(H,28,29);12*1H4. The summed E-state index contributed by atoms with van der Waals surface area (Å²) in [6.07, 6.45) is 9.77. The predicted molar refractivity (Wildman–Crippen MR) is 329 cm³/mol. The van der Waals surface area contributed by atoms with E-state index in [1.54, 1.807) is 0 Å². The molecule has 24 atom stereocenters. The molecule has 0 spiro atoms. The average Bonchev–Trinajstić information content (AvgIpc) is 4.20. The molecule has 0 radical (unpaired) electrons. The Kier molecular flexibility index (Phi) is 33.0. The number of hydrogen-bond donors (Lipinski definition) is 2. The van der Waals surface area contributed by atoms with Gasteiger partial charge < -0.3 is 48.1 Å². The predicted octanol–water partition coefficient (Wildman–Crippen LogP) is 14.0. The summed E-state index contributed by atoms with van der Waals surface area (Å²) in [5.74, 6) is 1.48. The van der Waals surface area contributed by atoms with E-state index in [0.29, 0.717) is 122 Å². The molecule has 0 aromatic heterocycles. The van der Waals surface area contributed by atoms with Gasteiger partial charge in [-0.25, -0.2) is 0 Å². The van der Waals surface area contributed by atoms with Gasteiger partial charge in [-0.15, -0.1) is 0 Å². The monoisotopic (exact) mass is 1190 g/mol. The SMILES string of the molecule is C.C.C.C.C.C.C.C.C.C.C.C.CC1C(=O)OC(=O)C1C1C2CC(COCCC3OCCCO3)C(C2)C1C1C2CC(C(=O)O)C(C2)C1C.CC1C(=O)OC(=O)C1C1C2CC(COCCC3OCCO3)C(C2)C1C1C2CC(C(=O)O)C(C2)C1C. The number of ether oxygens (including phenoxy) is 8. The van der Waals surface area contributed by atoms with Crippen LogP contribution in [0.1, 0.15) is 187 Å². The van der Waals surface area contributed by atoms with Gasteiger partial charge in [-0.2, -0.15) is 0 Å². The van der Waals surface area contributed by atoms with Crippen LogP contribution in [-0.4, -0.2) is 111 Å². The Labute approximate surface area is 505 Å². The van der Waals surface area contributed by atoms with Crippen molar-refractivity contribution in [2.24, 2.45) is 142 Å². The number of cyclic esters (lactones) is 4. The number of esters is 4. The second kappa shape index (κ2) is 33.4. The molecular formula is C67H126O16. The first-order valence-corrected chi connectivity index (χ1v) is 27.8. The minimum Gasteiger partial charge on any atom is -0.481 e. The van der Waals surface area contributed by atoms with Crippen LogP contribution in [0.15, 0.2) is 0 Å². The summed E-state index contributed by atoms with van der Waals surface area (Å²) in [6, 6.07) is 0. The number of rotatable bonds is 16. The van der Waals surface area contributed by atoms with Crippen LogP contribution in [-0.2, 0) is 66.7 Å². The minimum absolute atomic E-state index is 0. The molecule has 12 rings (SSSR count). The summed E-state index contributed by atoms with van der Waals surface area (Å²) in [6.45, 7) is 13.6. The normalized spacial score (nSPS) is 41.5. The van der Waals surface area contributed by atoms with Gasteiger partial charge in [-0.05, 0) is 164 Å². The van der Waals surface area contributed by atoms with E-state index in [2.05, 4.69) is 13.8 Å². The van der Waals surface area contributed by atoms with Gasteiger partial charge in [-0.1, -0.05) is 117 Å². The zero-order chi connectivity index (χ0) is 49.6. The fourth-order valence-corrected chi connectivity index (χ4v) is 19.4. The van der Waals surface area contributed by atoms with E-state index in [4.69, 9.17) is 37.9 Å². The lowest BCUT2D eigenvalue weighted by Crippen LogP contribution is -2.45. The molecule has 8 aliphatic carbocycles. The largest absolute Gasteiger partial charge is 0.481 e. The second-order valence-corrected chi connectivity index (χ2v) is 24.7. The Balaban J connectivity index is 0. The molecule has 0 aromatic carbocycles. The number of carbonyl (C=O) groups is 6. The zero-order valence-corrected chi connectivity index (χ0v) is 42.1. The molecule has 24 unspecified atom stereocenters. The summed E-state index contributed by atoms with van der Waals surface area (Å²) in [5.41, 5.74) is 0. The van der Waals surface area contributed by atoms with E-state index >= 15 is 0 Å². The summed E-state index contributed by atoms with van der Waals surface area (Å²) >= 11 is 0. The summed E-state index contributed by atoms with van der Waals surface area (Å²) in [7, 11) is 0. The first-order valence-electron chi connectivity index (χ1n) is 27.8. The lowest BCUT2D eigenvalue weighted by Gasteiger charge is -2.46. The Hall–Kier alpha value is -3.02. The highest BCUT2D eigenvalue weighted by Crippen LogP contribution is 2.70. The number of carboxylic acids is 2. The maximum absolute atomic E-state index is 12.9. The van der Waals surface area contributed by atoms with Gasteiger partial charge in [0.25, 0.3) is 0 Å². The Morgan fingerprint density at radius 2 is 0.747 bits per heavy atom. The molecule has 0 aromatic rings. The van der Waals surface area contributed by atoms with Gasteiger partial charge in [0.15, 0.2) is 12.6 Å². The molecule has 0 amide bonds. The van der Waals surface area contributed by atoms with E-state index in [1.165, 1.54) is 0 Å². The highest BCUT2D eigenvalue weighted by molar-refractivity contribution is 5.97. The third-order valence-corrected chi connectivity index (χ3v) is 21.9. The Bertz CT molecular complexity index is 2030. The van der Waals surface area contributed by atoms with Gasteiger partial charge in [0.1, 0.15) is 0 Å². The maximum atomic E-state index is 12.9. The van der Waals surface area contributed by atoms with Crippen LogP contribution in [0.2, 0.25) is 0 Å². The molecule has 490 valence electrons. The molecule has 12 fully saturated rings. The van der Waals surface area contributed by atoms with Crippen LogP contribution >= 0.6 is 0 Å². The highest BCUT2D eigenvalue weighted by atomic mass is 16.7. The number of fused-ring (bicyclic) bond motifs is 8. The summed E-state index contributed by atoms with van der Waals surface area (Å²) in [4.78, 5) is 74.1. The van der Waals surface area contributed by atoms with Crippen LogP contribution in [0.4, 0.5) is 0 Å². The second-order valence-electron chi connectivity index (χ2n) is 24.7. The maximum Gasteiger partial charge on any atom is 0.317 e. The molecule has 16 heteroatoms. The first-order chi connectivity index (χ1) is 34.2. The van der Waals surface area contributed by atoms with Crippen LogP contribution in [0.3, 0.4) is 0 Å². The van der Waals surface area contributed by atoms with E-state index in [9.17, 15) is 39.0 Å². The van der Waals surface area contributed by atoms with Gasteiger partial charge in [0, 0.05) is 26.1 Å². The number of carbonyl (C=O) groups excluding carboxylic acids is 4. The van der Waals surface area contributed by atoms with Gasteiger partial charge >= 0.3 is 35.8 Å². The first kappa shape index (κ1) is 82.0. The molecular weight excluding hydrogens is 1060 g/mol.